The number of thioether (sulfide) groups is 1. The Bertz CT molecular complexity index is 669. The number of rotatable bonds is 11. The van der Waals surface area contributed by atoms with Crippen LogP contribution in [0.3, 0.4) is 0 Å². The van der Waals surface area contributed by atoms with Gasteiger partial charge in [-0.3, -0.25) is 4.99 Å². The van der Waals surface area contributed by atoms with Crippen molar-refractivity contribution in [2.24, 2.45) is 10.9 Å². The van der Waals surface area contributed by atoms with Gasteiger partial charge in [-0.2, -0.15) is 0 Å². The highest BCUT2D eigenvalue weighted by atomic mass is 32.2. The Morgan fingerprint density at radius 3 is 2.50 bits per heavy atom. The third-order valence-electron chi connectivity index (χ3n) is 3.78. The van der Waals surface area contributed by atoms with E-state index in [0.717, 1.165) is 42.9 Å². The van der Waals surface area contributed by atoms with Gasteiger partial charge in [-0.25, -0.2) is 4.79 Å². The summed E-state index contributed by atoms with van der Waals surface area (Å²) in [5.41, 5.74) is -0.496. The molecule has 0 aliphatic rings. The number of aromatic nitrogens is 3. The van der Waals surface area contributed by atoms with Gasteiger partial charge in [-0.1, -0.05) is 25.6 Å². The molecule has 0 unspecified atom stereocenters. The fourth-order valence-electron chi connectivity index (χ4n) is 2.63. The number of nitrogens with one attached hydrogen (secondary N) is 3. The zero-order chi connectivity index (χ0) is 22.6. The molecule has 0 atom stereocenters. The topological polar surface area (TPSA) is 105 Å². The standard InChI is InChI=1S/C20H39N7O2S/c1-8-21-17(23-12-13-24-19(28)29-20(4,5)6)22-11-9-10-16-25-26-18(30-7)27(16)14-15(2)3/h15H,8-14H2,1-7H3,(H,24,28)(H2,21,22,23). The number of carbonyl (C=O) groups excluding carboxylic acids is 1. The second kappa shape index (κ2) is 13.4. The number of carbonyl (C=O) groups is 1. The molecule has 0 aromatic carbocycles. The van der Waals surface area contributed by atoms with Gasteiger partial charge < -0.3 is 25.3 Å². The number of aryl methyl sites for hydroxylation is 1. The van der Waals surface area contributed by atoms with Gasteiger partial charge >= 0.3 is 6.09 Å². The van der Waals surface area contributed by atoms with Crippen molar-refractivity contribution in [3.8, 4) is 0 Å². The molecule has 0 bridgehead atoms. The average Bonchev–Trinajstić information content (AvgIpc) is 3.01. The Morgan fingerprint density at radius 2 is 1.90 bits per heavy atom. The van der Waals surface area contributed by atoms with Crippen LogP contribution in [0.5, 0.6) is 0 Å². The lowest BCUT2D eigenvalue weighted by Gasteiger charge is -2.19. The molecule has 3 N–H and O–H groups in total. The molecule has 9 nitrogen and oxygen atoms in total. The van der Waals surface area contributed by atoms with Crippen molar-refractivity contribution in [2.75, 3.05) is 32.4 Å². The Labute approximate surface area is 185 Å². The zero-order valence-corrected chi connectivity index (χ0v) is 20.4. The Morgan fingerprint density at radius 1 is 1.20 bits per heavy atom. The highest BCUT2D eigenvalue weighted by Crippen LogP contribution is 2.16. The number of amides is 1. The van der Waals surface area contributed by atoms with E-state index >= 15 is 0 Å². The predicted molar refractivity (Wildman–Crippen MR) is 123 cm³/mol. The minimum Gasteiger partial charge on any atom is -0.444 e. The molecule has 1 aromatic rings. The molecule has 172 valence electrons. The quantitative estimate of drug-likeness (QED) is 0.210. The summed E-state index contributed by atoms with van der Waals surface area (Å²) in [7, 11) is 0. The van der Waals surface area contributed by atoms with Crippen LogP contribution >= 0.6 is 11.8 Å². The van der Waals surface area contributed by atoms with Crippen LogP contribution in [0.4, 0.5) is 4.79 Å². The van der Waals surface area contributed by atoms with E-state index in [1.807, 2.05) is 34.0 Å². The second-order valence-electron chi connectivity index (χ2n) is 8.33. The minimum absolute atomic E-state index is 0.415. The summed E-state index contributed by atoms with van der Waals surface area (Å²) in [6, 6.07) is 0. The van der Waals surface area contributed by atoms with Gasteiger partial charge in [0.1, 0.15) is 11.4 Å². The van der Waals surface area contributed by atoms with E-state index in [1.165, 1.54) is 0 Å². The average molecular weight is 442 g/mol. The fraction of sp³-hybridized carbons (Fsp3) is 0.800. The summed E-state index contributed by atoms with van der Waals surface area (Å²) in [5, 5.41) is 18.8. The number of ether oxygens (including phenoxy) is 1. The molecular weight excluding hydrogens is 402 g/mol. The molecule has 0 aliphatic heterocycles. The van der Waals surface area contributed by atoms with Gasteiger partial charge in [0.05, 0.1) is 0 Å². The number of alkyl carbamates (subject to hydrolysis) is 1. The summed E-state index contributed by atoms with van der Waals surface area (Å²) < 4.78 is 7.43. The number of nitrogens with zero attached hydrogens (tertiary/aromatic N) is 4. The maximum absolute atomic E-state index is 11.7. The zero-order valence-electron chi connectivity index (χ0n) is 19.5. The van der Waals surface area contributed by atoms with E-state index in [0.29, 0.717) is 25.6 Å². The highest BCUT2D eigenvalue weighted by molar-refractivity contribution is 7.98. The van der Waals surface area contributed by atoms with Crippen LogP contribution in [0.25, 0.3) is 0 Å². The van der Waals surface area contributed by atoms with Crippen molar-refractivity contribution in [3.05, 3.63) is 5.82 Å². The lowest BCUT2D eigenvalue weighted by molar-refractivity contribution is 0.0529. The van der Waals surface area contributed by atoms with Crippen LogP contribution in [0.2, 0.25) is 0 Å². The molecule has 1 aromatic heterocycles. The van der Waals surface area contributed by atoms with Crippen molar-refractivity contribution in [1.82, 2.24) is 30.7 Å². The Hall–Kier alpha value is -1.97. The van der Waals surface area contributed by atoms with E-state index in [2.05, 4.69) is 49.6 Å². The summed E-state index contributed by atoms with van der Waals surface area (Å²) >= 11 is 1.63. The molecule has 30 heavy (non-hydrogen) atoms. The molecular formula is C20H39N7O2S. The van der Waals surface area contributed by atoms with E-state index < -0.39 is 11.7 Å². The van der Waals surface area contributed by atoms with Crippen LogP contribution in [-0.4, -0.2) is 64.9 Å². The molecule has 1 amide bonds. The van der Waals surface area contributed by atoms with Crippen molar-refractivity contribution < 1.29 is 9.53 Å². The highest BCUT2D eigenvalue weighted by Gasteiger charge is 2.15. The molecule has 10 heteroatoms. The first kappa shape index (κ1) is 26.1. The number of guanidine groups is 1. The summed E-state index contributed by atoms with van der Waals surface area (Å²) in [6.45, 7) is 15.3. The summed E-state index contributed by atoms with van der Waals surface area (Å²) in [5.74, 6) is 2.29. The van der Waals surface area contributed by atoms with Gasteiger partial charge in [0, 0.05) is 39.1 Å². The van der Waals surface area contributed by atoms with Gasteiger partial charge in [0.2, 0.25) is 0 Å². The monoisotopic (exact) mass is 441 g/mol. The molecule has 0 saturated carbocycles. The van der Waals surface area contributed by atoms with Crippen LogP contribution in [-0.2, 0) is 17.7 Å². The molecule has 0 aliphatic carbocycles. The lowest BCUT2D eigenvalue weighted by atomic mass is 10.2. The van der Waals surface area contributed by atoms with Crippen molar-refractivity contribution in [1.29, 1.82) is 0 Å². The van der Waals surface area contributed by atoms with Crippen molar-refractivity contribution in [3.63, 3.8) is 0 Å². The molecule has 0 saturated heterocycles. The normalized spacial score (nSPS) is 12.2. The summed E-state index contributed by atoms with van der Waals surface area (Å²) in [6.07, 6.45) is 3.34. The first-order chi connectivity index (χ1) is 14.2. The number of hydrogen-bond acceptors (Lipinski definition) is 6. The first-order valence-electron chi connectivity index (χ1n) is 10.6. The molecule has 1 heterocycles. The molecule has 0 radical (unpaired) electrons. The van der Waals surface area contributed by atoms with Gasteiger partial charge in [0.25, 0.3) is 0 Å². The smallest absolute Gasteiger partial charge is 0.407 e. The van der Waals surface area contributed by atoms with Crippen LogP contribution in [0.15, 0.2) is 10.1 Å². The van der Waals surface area contributed by atoms with Gasteiger partial charge in [-0.15, -0.1) is 10.2 Å². The second-order valence-corrected chi connectivity index (χ2v) is 9.10. The fourth-order valence-corrected chi connectivity index (χ4v) is 3.16. The Balaban J connectivity index is 2.45. The van der Waals surface area contributed by atoms with Crippen molar-refractivity contribution >= 4 is 23.8 Å². The SMILES string of the molecule is CCNC(=NCCCc1nnc(SC)n1CC(C)C)NCCNC(=O)OC(C)(C)C. The molecule has 0 spiro atoms. The van der Waals surface area contributed by atoms with Gasteiger partial charge in [-0.05, 0) is 46.3 Å². The number of aliphatic imine (C=N–C) groups is 1. The molecule has 0 fully saturated rings. The third kappa shape index (κ3) is 10.7. The number of hydrogen-bond donors (Lipinski definition) is 3. The van der Waals surface area contributed by atoms with E-state index in [-0.39, 0.29) is 0 Å². The van der Waals surface area contributed by atoms with Crippen LogP contribution in [0, 0.1) is 5.92 Å². The van der Waals surface area contributed by atoms with E-state index in [1.54, 1.807) is 11.8 Å². The van der Waals surface area contributed by atoms with E-state index in [4.69, 9.17) is 4.74 Å². The largest absolute Gasteiger partial charge is 0.444 e. The van der Waals surface area contributed by atoms with Crippen LogP contribution < -0.4 is 16.0 Å². The van der Waals surface area contributed by atoms with Crippen LogP contribution in [0.1, 0.15) is 53.8 Å². The Kier molecular flexibility index (Phi) is 11.6. The van der Waals surface area contributed by atoms with Crippen molar-refractivity contribution in [2.45, 2.75) is 71.7 Å². The third-order valence-corrected chi connectivity index (χ3v) is 4.45. The van der Waals surface area contributed by atoms with Gasteiger partial charge in [0.15, 0.2) is 11.1 Å². The maximum Gasteiger partial charge on any atom is 0.407 e. The minimum atomic E-state index is -0.496. The summed E-state index contributed by atoms with van der Waals surface area (Å²) in [4.78, 5) is 16.3. The lowest BCUT2D eigenvalue weighted by Crippen LogP contribution is -2.42. The predicted octanol–water partition coefficient (Wildman–Crippen LogP) is 2.67. The molecule has 1 rings (SSSR count). The first-order valence-corrected chi connectivity index (χ1v) is 11.8. The maximum atomic E-state index is 11.7. The van der Waals surface area contributed by atoms with E-state index in [9.17, 15) is 4.79 Å².